The summed E-state index contributed by atoms with van der Waals surface area (Å²) in [6.45, 7) is 3.57. The highest BCUT2D eigenvalue weighted by atomic mass is 16.3. The Bertz CT molecular complexity index is 1790. The Labute approximate surface area is 210 Å². The number of benzene rings is 2. The van der Waals surface area contributed by atoms with Gasteiger partial charge in [-0.2, -0.15) is 5.10 Å². The molecule has 0 bridgehead atoms. The first kappa shape index (κ1) is 22.2. The molecule has 1 N–H and O–H groups in total. The number of aryl methyl sites for hydroxylation is 2. The number of amides is 1. The molecule has 0 aliphatic carbocycles. The van der Waals surface area contributed by atoms with Crippen LogP contribution >= 0.6 is 0 Å². The van der Waals surface area contributed by atoms with Gasteiger partial charge in [-0.1, -0.05) is 60.7 Å². The van der Waals surface area contributed by atoms with Gasteiger partial charge in [0.15, 0.2) is 11.3 Å². The Kier molecular flexibility index (Phi) is 5.45. The molecule has 0 saturated carbocycles. The van der Waals surface area contributed by atoms with E-state index in [-0.39, 0.29) is 5.69 Å². The van der Waals surface area contributed by atoms with Gasteiger partial charge < -0.3 is 4.42 Å². The molecule has 0 aliphatic heterocycles. The standard InChI is InChI=1S/C27H20N8O2/c1-16-13-14-20(37-16)15-28-33-27(36)23-17(2)35-26(32-29-23)22-21(18-9-5-3-6-10-18)24(30-31-25(22)34-35)19-11-7-4-8-12-19/h3-15H,1-2H3,(H,33,36)/b28-15+. The second kappa shape index (κ2) is 9.08. The van der Waals surface area contributed by atoms with E-state index >= 15 is 0 Å². The molecule has 0 radical (unpaired) electrons. The molecule has 37 heavy (non-hydrogen) atoms. The van der Waals surface area contributed by atoms with Gasteiger partial charge in [-0.25, -0.2) is 9.94 Å². The summed E-state index contributed by atoms with van der Waals surface area (Å²) >= 11 is 0. The first-order chi connectivity index (χ1) is 18.1. The van der Waals surface area contributed by atoms with Gasteiger partial charge in [0.1, 0.15) is 17.2 Å². The molecule has 180 valence electrons. The summed E-state index contributed by atoms with van der Waals surface area (Å²) in [5.41, 5.74) is 7.33. The van der Waals surface area contributed by atoms with E-state index in [9.17, 15) is 4.79 Å². The monoisotopic (exact) mass is 488 g/mol. The summed E-state index contributed by atoms with van der Waals surface area (Å²) in [5.74, 6) is 0.750. The highest BCUT2D eigenvalue weighted by Gasteiger charge is 2.23. The summed E-state index contributed by atoms with van der Waals surface area (Å²) in [6, 6.07) is 23.3. The Morgan fingerprint density at radius 1 is 0.892 bits per heavy atom. The molecule has 0 atom stereocenters. The van der Waals surface area contributed by atoms with E-state index in [0.717, 1.165) is 22.5 Å². The zero-order valence-electron chi connectivity index (χ0n) is 20.0. The van der Waals surface area contributed by atoms with E-state index in [1.54, 1.807) is 17.5 Å². The third-order valence-electron chi connectivity index (χ3n) is 5.92. The van der Waals surface area contributed by atoms with Gasteiger partial charge in [-0.05, 0) is 31.5 Å². The molecular formula is C27H20N8O2. The van der Waals surface area contributed by atoms with E-state index in [2.05, 4.69) is 36.0 Å². The van der Waals surface area contributed by atoms with E-state index in [1.165, 1.54) is 6.21 Å². The van der Waals surface area contributed by atoms with Crippen LogP contribution in [0.5, 0.6) is 0 Å². The van der Waals surface area contributed by atoms with Gasteiger partial charge >= 0.3 is 0 Å². The minimum atomic E-state index is -0.523. The molecular weight excluding hydrogens is 468 g/mol. The lowest BCUT2D eigenvalue weighted by Crippen LogP contribution is -2.22. The lowest BCUT2D eigenvalue weighted by atomic mass is 9.97. The molecule has 0 spiro atoms. The average molecular weight is 489 g/mol. The van der Waals surface area contributed by atoms with Crippen molar-refractivity contribution < 1.29 is 9.21 Å². The number of fused-ring (bicyclic) bond motifs is 3. The second-order valence-corrected chi connectivity index (χ2v) is 8.37. The van der Waals surface area contributed by atoms with Gasteiger partial charge in [0, 0.05) is 11.1 Å². The number of nitrogens with one attached hydrogen (secondary N) is 1. The molecule has 4 aromatic heterocycles. The summed E-state index contributed by atoms with van der Waals surface area (Å²) in [5, 5.41) is 26.8. The van der Waals surface area contributed by atoms with Crippen molar-refractivity contribution in [1.29, 1.82) is 0 Å². The third-order valence-corrected chi connectivity index (χ3v) is 5.92. The van der Waals surface area contributed by atoms with E-state index < -0.39 is 5.91 Å². The lowest BCUT2D eigenvalue weighted by molar-refractivity contribution is 0.0947. The maximum Gasteiger partial charge on any atom is 0.293 e. The van der Waals surface area contributed by atoms with Gasteiger partial charge in [-0.3, -0.25) is 4.79 Å². The smallest absolute Gasteiger partial charge is 0.293 e. The Morgan fingerprint density at radius 3 is 2.32 bits per heavy atom. The maximum absolute atomic E-state index is 12.8. The number of aromatic nitrogens is 6. The molecule has 2 aromatic carbocycles. The molecule has 10 heteroatoms. The number of hydrogen-bond donors (Lipinski definition) is 1. The Hall–Kier alpha value is -5.25. The van der Waals surface area contributed by atoms with Crippen LogP contribution in [0.25, 0.3) is 39.1 Å². The van der Waals surface area contributed by atoms with E-state index in [4.69, 9.17) is 4.42 Å². The van der Waals surface area contributed by atoms with Crippen molar-refractivity contribution in [2.75, 3.05) is 0 Å². The number of carbonyl (C=O) groups is 1. The topological polar surface area (TPSA) is 123 Å². The molecule has 6 rings (SSSR count). The Balaban J connectivity index is 1.48. The van der Waals surface area contributed by atoms with Crippen LogP contribution in [-0.2, 0) is 0 Å². The number of rotatable bonds is 5. The van der Waals surface area contributed by atoms with E-state index in [0.29, 0.717) is 33.8 Å². The van der Waals surface area contributed by atoms with E-state index in [1.807, 2.05) is 73.7 Å². The molecule has 4 heterocycles. The zero-order chi connectivity index (χ0) is 25.4. The summed E-state index contributed by atoms with van der Waals surface area (Å²) < 4.78 is 6.99. The van der Waals surface area contributed by atoms with Crippen molar-refractivity contribution in [3.05, 3.63) is 95.7 Å². The molecule has 0 aliphatic rings. The second-order valence-electron chi connectivity index (χ2n) is 8.37. The largest absolute Gasteiger partial charge is 0.460 e. The summed E-state index contributed by atoms with van der Waals surface area (Å²) in [7, 11) is 0. The van der Waals surface area contributed by atoms with Gasteiger partial charge in [0.25, 0.3) is 5.91 Å². The molecule has 10 nitrogen and oxygen atoms in total. The van der Waals surface area contributed by atoms with Crippen molar-refractivity contribution >= 4 is 28.8 Å². The number of hydrazone groups is 1. The number of hydrogen-bond acceptors (Lipinski definition) is 8. The number of nitrogens with zero attached hydrogens (tertiary/aromatic N) is 7. The van der Waals surface area contributed by atoms with Crippen molar-refractivity contribution in [3.63, 3.8) is 0 Å². The first-order valence-corrected chi connectivity index (χ1v) is 11.5. The predicted molar refractivity (Wildman–Crippen MR) is 138 cm³/mol. The van der Waals surface area contributed by atoms with Gasteiger partial charge in [-0.15, -0.1) is 25.5 Å². The van der Waals surface area contributed by atoms with Crippen LogP contribution in [0.3, 0.4) is 0 Å². The number of furan rings is 1. The molecule has 6 aromatic rings. The summed E-state index contributed by atoms with van der Waals surface area (Å²) in [6.07, 6.45) is 1.42. The van der Waals surface area contributed by atoms with Crippen LogP contribution in [0.4, 0.5) is 0 Å². The molecule has 0 fully saturated rings. The zero-order valence-corrected chi connectivity index (χ0v) is 20.0. The summed E-state index contributed by atoms with van der Waals surface area (Å²) in [4.78, 5) is 12.8. The lowest BCUT2D eigenvalue weighted by Gasteiger charge is -2.10. The molecule has 0 saturated heterocycles. The highest BCUT2D eigenvalue weighted by Crippen LogP contribution is 2.37. The fourth-order valence-electron chi connectivity index (χ4n) is 4.18. The minimum Gasteiger partial charge on any atom is -0.460 e. The third kappa shape index (κ3) is 4.00. The number of carbonyl (C=O) groups excluding carboxylic acids is 1. The quantitative estimate of drug-likeness (QED) is 0.282. The predicted octanol–water partition coefficient (Wildman–Crippen LogP) is 4.38. The fraction of sp³-hybridized carbons (Fsp3) is 0.0741. The highest BCUT2D eigenvalue weighted by molar-refractivity contribution is 6.07. The molecule has 1 amide bonds. The van der Waals surface area contributed by atoms with Crippen LogP contribution in [0.15, 0.2) is 82.3 Å². The van der Waals surface area contributed by atoms with Crippen LogP contribution in [0, 0.1) is 13.8 Å². The van der Waals surface area contributed by atoms with Crippen LogP contribution in [0.1, 0.15) is 27.7 Å². The van der Waals surface area contributed by atoms with Crippen molar-refractivity contribution in [1.82, 2.24) is 35.4 Å². The van der Waals surface area contributed by atoms with Crippen molar-refractivity contribution in [3.8, 4) is 22.4 Å². The Morgan fingerprint density at radius 2 is 1.62 bits per heavy atom. The SMILES string of the molecule is Cc1ccc(/C=N/NC(=O)c2nnc3c4c(-c5ccccc5)c(-c5ccccc5)nnc4nn3c2C)o1. The first-order valence-electron chi connectivity index (χ1n) is 11.5. The maximum atomic E-state index is 12.8. The molecule has 0 unspecified atom stereocenters. The average Bonchev–Trinajstić information content (AvgIpc) is 3.53. The minimum absolute atomic E-state index is 0.0885. The van der Waals surface area contributed by atoms with Crippen LogP contribution < -0.4 is 5.43 Å². The van der Waals surface area contributed by atoms with Crippen LogP contribution in [-0.4, -0.2) is 42.1 Å². The fourth-order valence-corrected chi connectivity index (χ4v) is 4.18. The van der Waals surface area contributed by atoms with Gasteiger partial charge in [0.05, 0.1) is 17.3 Å². The van der Waals surface area contributed by atoms with Crippen molar-refractivity contribution in [2.24, 2.45) is 5.10 Å². The van der Waals surface area contributed by atoms with Gasteiger partial charge in [0.2, 0.25) is 5.65 Å². The normalized spacial score (nSPS) is 11.5. The van der Waals surface area contributed by atoms with Crippen LogP contribution in [0.2, 0.25) is 0 Å². The van der Waals surface area contributed by atoms with Crippen molar-refractivity contribution in [2.45, 2.75) is 13.8 Å².